The van der Waals surface area contributed by atoms with Crippen molar-refractivity contribution >= 4 is 5.97 Å². The summed E-state index contributed by atoms with van der Waals surface area (Å²) < 4.78 is 4.75. The molecular formula is C14H19NO2. The van der Waals surface area contributed by atoms with Crippen LogP contribution < -0.4 is 0 Å². The number of rotatable bonds is 2. The van der Waals surface area contributed by atoms with Crippen LogP contribution >= 0.6 is 0 Å². The maximum atomic E-state index is 11.5. The molecule has 0 aromatic heterocycles. The average molecular weight is 233 g/mol. The molecule has 1 fully saturated rings. The Kier molecular flexibility index (Phi) is 3.79. The van der Waals surface area contributed by atoms with Crippen LogP contribution in [0.5, 0.6) is 0 Å². The Morgan fingerprint density at radius 3 is 2.71 bits per heavy atom. The highest BCUT2D eigenvalue weighted by Crippen LogP contribution is 2.27. The molecule has 0 amide bonds. The fourth-order valence-electron chi connectivity index (χ4n) is 2.38. The fourth-order valence-corrected chi connectivity index (χ4v) is 2.38. The third-order valence-electron chi connectivity index (χ3n) is 3.50. The fraction of sp³-hybridized carbons (Fsp3) is 0.500. The lowest BCUT2D eigenvalue weighted by atomic mass is 9.89. The van der Waals surface area contributed by atoms with Gasteiger partial charge in [-0.25, -0.2) is 4.79 Å². The van der Waals surface area contributed by atoms with Gasteiger partial charge in [0.25, 0.3) is 0 Å². The number of esters is 1. The van der Waals surface area contributed by atoms with Gasteiger partial charge in [0.15, 0.2) is 0 Å². The average Bonchev–Trinajstić information content (AvgIpc) is 2.39. The van der Waals surface area contributed by atoms with Gasteiger partial charge in [-0.05, 0) is 56.6 Å². The smallest absolute Gasteiger partial charge is 0.337 e. The zero-order valence-electron chi connectivity index (χ0n) is 10.5. The summed E-state index contributed by atoms with van der Waals surface area (Å²) in [6.45, 7) is 2.26. The van der Waals surface area contributed by atoms with Crippen molar-refractivity contribution in [3.8, 4) is 0 Å². The molecule has 0 saturated carbocycles. The summed E-state index contributed by atoms with van der Waals surface area (Å²) in [4.78, 5) is 13.8. The molecule has 2 rings (SSSR count). The number of benzene rings is 1. The molecule has 0 radical (unpaired) electrons. The summed E-state index contributed by atoms with van der Waals surface area (Å²) in [6.07, 6.45) is 2.34. The zero-order chi connectivity index (χ0) is 12.3. The lowest BCUT2D eigenvalue weighted by Crippen LogP contribution is -2.29. The van der Waals surface area contributed by atoms with E-state index in [0.29, 0.717) is 11.5 Å². The molecule has 0 aliphatic carbocycles. The monoisotopic (exact) mass is 233 g/mol. The summed E-state index contributed by atoms with van der Waals surface area (Å²) >= 11 is 0. The van der Waals surface area contributed by atoms with Crippen molar-refractivity contribution in [1.82, 2.24) is 4.90 Å². The minimum Gasteiger partial charge on any atom is -0.465 e. The first-order chi connectivity index (χ1) is 8.20. The molecule has 0 bridgehead atoms. The van der Waals surface area contributed by atoms with Gasteiger partial charge in [0.05, 0.1) is 12.7 Å². The van der Waals surface area contributed by atoms with E-state index in [2.05, 4.69) is 18.0 Å². The van der Waals surface area contributed by atoms with Gasteiger partial charge < -0.3 is 9.64 Å². The molecule has 0 unspecified atom stereocenters. The number of ether oxygens (including phenoxy) is 1. The van der Waals surface area contributed by atoms with Crippen LogP contribution in [0.1, 0.15) is 34.7 Å². The summed E-state index contributed by atoms with van der Waals surface area (Å²) in [5, 5.41) is 0. The Balaban J connectivity index is 2.13. The standard InChI is InChI=1S/C14H19NO2/c1-15-8-6-11(7-9-15)12-4-3-5-13(10-12)14(16)17-2/h3-5,10-11H,6-9H2,1-2H3. The van der Waals surface area contributed by atoms with Crippen molar-refractivity contribution < 1.29 is 9.53 Å². The summed E-state index contributed by atoms with van der Waals surface area (Å²) in [6, 6.07) is 7.84. The molecule has 1 heterocycles. The first kappa shape index (κ1) is 12.1. The highest BCUT2D eigenvalue weighted by atomic mass is 16.5. The Labute approximate surface area is 102 Å². The van der Waals surface area contributed by atoms with Crippen LogP contribution in [0.2, 0.25) is 0 Å². The summed E-state index contributed by atoms with van der Waals surface area (Å²) in [5.74, 6) is 0.329. The van der Waals surface area contributed by atoms with Gasteiger partial charge in [-0.2, -0.15) is 0 Å². The largest absolute Gasteiger partial charge is 0.465 e. The van der Waals surface area contributed by atoms with Gasteiger partial charge in [0.2, 0.25) is 0 Å². The van der Waals surface area contributed by atoms with E-state index in [1.54, 1.807) is 0 Å². The van der Waals surface area contributed by atoms with Gasteiger partial charge in [-0.3, -0.25) is 0 Å². The van der Waals surface area contributed by atoms with E-state index < -0.39 is 0 Å². The van der Waals surface area contributed by atoms with E-state index in [0.717, 1.165) is 13.1 Å². The van der Waals surface area contributed by atoms with Crippen LogP contribution in [0.3, 0.4) is 0 Å². The molecule has 0 spiro atoms. The molecule has 17 heavy (non-hydrogen) atoms. The second-order valence-corrected chi connectivity index (χ2v) is 4.69. The molecule has 0 N–H and O–H groups in total. The van der Waals surface area contributed by atoms with Crippen LogP contribution in [0.25, 0.3) is 0 Å². The lowest BCUT2D eigenvalue weighted by molar-refractivity contribution is 0.0600. The highest BCUT2D eigenvalue weighted by molar-refractivity contribution is 5.89. The SMILES string of the molecule is COC(=O)c1cccc(C2CCN(C)CC2)c1. The van der Waals surface area contributed by atoms with Crippen molar-refractivity contribution in [1.29, 1.82) is 0 Å². The normalized spacial score (nSPS) is 18.0. The van der Waals surface area contributed by atoms with Crippen molar-refractivity contribution in [3.05, 3.63) is 35.4 Å². The van der Waals surface area contributed by atoms with Crippen molar-refractivity contribution in [2.24, 2.45) is 0 Å². The third-order valence-corrected chi connectivity index (χ3v) is 3.50. The number of hydrogen-bond acceptors (Lipinski definition) is 3. The Bertz CT molecular complexity index is 395. The quantitative estimate of drug-likeness (QED) is 0.734. The maximum Gasteiger partial charge on any atom is 0.337 e. The second-order valence-electron chi connectivity index (χ2n) is 4.69. The van der Waals surface area contributed by atoms with E-state index in [4.69, 9.17) is 4.74 Å². The molecule has 1 aliphatic heterocycles. The lowest BCUT2D eigenvalue weighted by Gasteiger charge is -2.29. The minimum absolute atomic E-state index is 0.250. The number of piperidine rings is 1. The number of hydrogen-bond donors (Lipinski definition) is 0. The van der Waals surface area contributed by atoms with Crippen LogP contribution in [-0.4, -0.2) is 38.1 Å². The van der Waals surface area contributed by atoms with E-state index in [9.17, 15) is 4.79 Å². The summed E-state index contributed by atoms with van der Waals surface area (Å²) in [5.41, 5.74) is 1.92. The molecule has 92 valence electrons. The molecule has 3 nitrogen and oxygen atoms in total. The Hall–Kier alpha value is -1.35. The van der Waals surface area contributed by atoms with Crippen molar-refractivity contribution in [2.75, 3.05) is 27.2 Å². The molecule has 0 atom stereocenters. The first-order valence-electron chi connectivity index (χ1n) is 6.07. The minimum atomic E-state index is -0.250. The molecule has 1 aliphatic rings. The van der Waals surface area contributed by atoms with Crippen LogP contribution in [0.15, 0.2) is 24.3 Å². The predicted octanol–water partition coefficient (Wildman–Crippen LogP) is 2.28. The second kappa shape index (κ2) is 5.32. The molecular weight excluding hydrogens is 214 g/mol. The molecule has 1 aromatic carbocycles. The van der Waals surface area contributed by atoms with E-state index in [-0.39, 0.29) is 5.97 Å². The van der Waals surface area contributed by atoms with Gasteiger partial charge in [0, 0.05) is 0 Å². The Morgan fingerprint density at radius 2 is 2.06 bits per heavy atom. The van der Waals surface area contributed by atoms with Gasteiger partial charge in [0.1, 0.15) is 0 Å². The van der Waals surface area contributed by atoms with Gasteiger partial charge in [-0.15, -0.1) is 0 Å². The van der Waals surface area contributed by atoms with Crippen LogP contribution in [0, 0.1) is 0 Å². The predicted molar refractivity (Wildman–Crippen MR) is 67.3 cm³/mol. The van der Waals surface area contributed by atoms with Crippen LogP contribution in [0.4, 0.5) is 0 Å². The first-order valence-corrected chi connectivity index (χ1v) is 6.07. The molecule has 3 heteroatoms. The van der Waals surface area contributed by atoms with E-state index in [1.807, 2.05) is 18.2 Å². The number of nitrogens with zero attached hydrogens (tertiary/aromatic N) is 1. The van der Waals surface area contributed by atoms with Crippen molar-refractivity contribution in [2.45, 2.75) is 18.8 Å². The zero-order valence-corrected chi connectivity index (χ0v) is 10.5. The van der Waals surface area contributed by atoms with E-state index >= 15 is 0 Å². The maximum absolute atomic E-state index is 11.5. The topological polar surface area (TPSA) is 29.5 Å². The number of carbonyl (C=O) groups is 1. The molecule has 1 saturated heterocycles. The van der Waals surface area contributed by atoms with Gasteiger partial charge in [-0.1, -0.05) is 12.1 Å². The summed E-state index contributed by atoms with van der Waals surface area (Å²) in [7, 11) is 3.58. The van der Waals surface area contributed by atoms with Gasteiger partial charge >= 0.3 is 5.97 Å². The Morgan fingerprint density at radius 1 is 1.35 bits per heavy atom. The number of likely N-dealkylation sites (tertiary alicyclic amines) is 1. The number of methoxy groups -OCH3 is 1. The van der Waals surface area contributed by atoms with Crippen molar-refractivity contribution in [3.63, 3.8) is 0 Å². The highest BCUT2D eigenvalue weighted by Gasteiger charge is 2.19. The number of carbonyl (C=O) groups excluding carboxylic acids is 1. The van der Waals surface area contributed by atoms with Crippen LogP contribution in [-0.2, 0) is 4.74 Å². The third kappa shape index (κ3) is 2.86. The van der Waals surface area contributed by atoms with E-state index in [1.165, 1.54) is 25.5 Å². The molecule has 1 aromatic rings.